The van der Waals surface area contributed by atoms with Crippen LogP contribution in [0.5, 0.6) is 0 Å². The highest BCUT2D eigenvalue weighted by Crippen LogP contribution is 2.17. The molecule has 1 heterocycles. The van der Waals surface area contributed by atoms with E-state index < -0.39 is 0 Å². The predicted molar refractivity (Wildman–Crippen MR) is 50.2 cm³/mol. The summed E-state index contributed by atoms with van der Waals surface area (Å²) in [6, 6.07) is 2.61. The lowest BCUT2D eigenvalue weighted by molar-refractivity contribution is 0.331. The molecule has 0 atom stereocenters. The van der Waals surface area contributed by atoms with Crippen LogP contribution in [0.2, 0.25) is 0 Å². The summed E-state index contributed by atoms with van der Waals surface area (Å²) >= 11 is 0. The van der Waals surface area contributed by atoms with E-state index >= 15 is 0 Å². The Balaban J connectivity index is 1.72. The third-order valence-corrected chi connectivity index (χ3v) is 2.66. The van der Waals surface area contributed by atoms with Crippen LogP contribution >= 0.6 is 0 Å². The summed E-state index contributed by atoms with van der Waals surface area (Å²) in [5.74, 6) is 0.936. The number of rotatable bonds is 3. The van der Waals surface area contributed by atoms with Crippen LogP contribution in [0.4, 0.5) is 0 Å². The van der Waals surface area contributed by atoms with Gasteiger partial charge in [-0.05, 0) is 12.8 Å². The predicted octanol–water partition coefficient (Wildman–Crippen LogP) is 2.10. The van der Waals surface area contributed by atoms with Gasteiger partial charge in [-0.15, -0.1) is 0 Å². The van der Waals surface area contributed by atoms with E-state index in [2.05, 4.69) is 10.5 Å². The second-order valence-corrected chi connectivity index (χ2v) is 3.69. The molecule has 1 N–H and O–H groups in total. The van der Waals surface area contributed by atoms with Gasteiger partial charge in [0.25, 0.3) is 0 Å². The van der Waals surface area contributed by atoms with Gasteiger partial charge < -0.3 is 9.84 Å². The van der Waals surface area contributed by atoms with Crippen LogP contribution in [0, 0.1) is 0 Å². The van der Waals surface area contributed by atoms with Crippen LogP contribution in [0.1, 0.15) is 37.9 Å². The van der Waals surface area contributed by atoms with Crippen LogP contribution in [-0.4, -0.2) is 11.2 Å². The van der Waals surface area contributed by atoms with Gasteiger partial charge in [0.05, 0.1) is 12.7 Å². The van der Waals surface area contributed by atoms with Crippen molar-refractivity contribution in [3.8, 4) is 0 Å². The summed E-state index contributed by atoms with van der Waals surface area (Å²) in [6.07, 6.45) is 8.46. The number of aromatic nitrogens is 1. The lowest BCUT2D eigenvalue weighted by Gasteiger charge is -2.22. The first kappa shape index (κ1) is 8.75. The minimum absolute atomic E-state index is 0.693. The van der Waals surface area contributed by atoms with E-state index in [-0.39, 0.29) is 0 Å². The van der Waals surface area contributed by atoms with Crippen molar-refractivity contribution in [1.82, 2.24) is 10.5 Å². The Hall–Kier alpha value is -0.830. The smallest absolute Gasteiger partial charge is 0.150 e. The van der Waals surface area contributed by atoms with E-state index in [9.17, 15) is 0 Å². The van der Waals surface area contributed by atoms with Crippen molar-refractivity contribution in [2.45, 2.75) is 44.7 Å². The molecular formula is C10H16N2O. The van der Waals surface area contributed by atoms with Gasteiger partial charge in [-0.3, -0.25) is 0 Å². The Morgan fingerprint density at radius 2 is 2.23 bits per heavy atom. The summed E-state index contributed by atoms with van der Waals surface area (Å²) in [6.45, 7) is 0.824. The summed E-state index contributed by atoms with van der Waals surface area (Å²) in [4.78, 5) is 0. The van der Waals surface area contributed by atoms with Gasteiger partial charge in [-0.25, -0.2) is 0 Å². The number of hydrogen-bond donors (Lipinski definition) is 1. The molecule has 1 fully saturated rings. The Kier molecular flexibility index (Phi) is 2.98. The van der Waals surface area contributed by atoms with Crippen molar-refractivity contribution in [3.05, 3.63) is 18.0 Å². The zero-order chi connectivity index (χ0) is 8.93. The molecule has 0 radical (unpaired) electrons. The molecule has 0 saturated heterocycles. The Labute approximate surface area is 78.5 Å². The van der Waals surface area contributed by atoms with Gasteiger partial charge in [0, 0.05) is 12.1 Å². The third kappa shape index (κ3) is 2.56. The quantitative estimate of drug-likeness (QED) is 0.774. The first-order valence-corrected chi connectivity index (χ1v) is 5.08. The fraction of sp³-hybridized carbons (Fsp3) is 0.700. The lowest BCUT2D eigenvalue weighted by atomic mass is 9.95. The molecule has 1 aliphatic carbocycles. The molecule has 0 spiro atoms. The first-order chi connectivity index (χ1) is 6.45. The maximum Gasteiger partial charge on any atom is 0.150 e. The molecule has 72 valence electrons. The second kappa shape index (κ2) is 4.42. The third-order valence-electron chi connectivity index (χ3n) is 2.66. The molecule has 0 aromatic carbocycles. The van der Waals surface area contributed by atoms with E-state index in [0.29, 0.717) is 6.04 Å². The highest BCUT2D eigenvalue weighted by Gasteiger charge is 2.12. The van der Waals surface area contributed by atoms with Crippen LogP contribution < -0.4 is 5.32 Å². The molecule has 0 unspecified atom stereocenters. The molecule has 3 nitrogen and oxygen atoms in total. The van der Waals surface area contributed by atoms with Gasteiger partial charge >= 0.3 is 0 Å². The molecule has 1 aromatic heterocycles. The topological polar surface area (TPSA) is 38.1 Å². The van der Waals surface area contributed by atoms with Crippen molar-refractivity contribution in [1.29, 1.82) is 0 Å². The summed E-state index contributed by atoms with van der Waals surface area (Å²) in [5, 5.41) is 7.16. The fourth-order valence-electron chi connectivity index (χ4n) is 1.88. The minimum Gasteiger partial charge on any atom is -0.360 e. The second-order valence-electron chi connectivity index (χ2n) is 3.69. The summed E-state index contributed by atoms with van der Waals surface area (Å²) in [7, 11) is 0. The number of hydrogen-bond acceptors (Lipinski definition) is 3. The molecule has 1 aromatic rings. The molecule has 0 amide bonds. The Morgan fingerprint density at radius 3 is 2.92 bits per heavy atom. The molecule has 1 saturated carbocycles. The molecule has 0 bridgehead atoms. The van der Waals surface area contributed by atoms with Gasteiger partial charge in [0.15, 0.2) is 0 Å². The maximum atomic E-state index is 5.01. The van der Waals surface area contributed by atoms with Crippen molar-refractivity contribution in [2.75, 3.05) is 0 Å². The molecule has 13 heavy (non-hydrogen) atoms. The first-order valence-electron chi connectivity index (χ1n) is 5.08. The standard InChI is InChI=1S/C10H16N2O/c1-2-4-9(5-3-1)11-8-10-6-7-12-13-10/h6-7,9,11H,1-5,8H2. The molecule has 3 heteroatoms. The summed E-state index contributed by atoms with van der Waals surface area (Å²) < 4.78 is 5.01. The normalized spacial score (nSPS) is 19.1. The van der Waals surface area contributed by atoms with E-state index in [0.717, 1.165) is 12.3 Å². The Morgan fingerprint density at radius 1 is 1.38 bits per heavy atom. The average molecular weight is 180 g/mol. The van der Waals surface area contributed by atoms with E-state index in [4.69, 9.17) is 4.52 Å². The number of nitrogens with one attached hydrogen (secondary N) is 1. The van der Waals surface area contributed by atoms with Gasteiger partial charge in [-0.1, -0.05) is 24.4 Å². The largest absolute Gasteiger partial charge is 0.360 e. The SMILES string of the molecule is c1cc(CNC2CCCCC2)on1. The van der Waals surface area contributed by atoms with Crippen molar-refractivity contribution < 1.29 is 4.52 Å². The van der Waals surface area contributed by atoms with Crippen molar-refractivity contribution in [3.63, 3.8) is 0 Å². The van der Waals surface area contributed by atoms with Crippen LogP contribution in [-0.2, 0) is 6.54 Å². The highest BCUT2D eigenvalue weighted by molar-refractivity contribution is 4.92. The monoisotopic (exact) mass is 180 g/mol. The highest BCUT2D eigenvalue weighted by atomic mass is 16.5. The van der Waals surface area contributed by atoms with Gasteiger partial charge in [0.2, 0.25) is 0 Å². The molecule has 1 aliphatic rings. The zero-order valence-electron chi connectivity index (χ0n) is 7.83. The molecular weight excluding hydrogens is 164 g/mol. The van der Waals surface area contributed by atoms with Gasteiger partial charge in [0.1, 0.15) is 5.76 Å². The lowest BCUT2D eigenvalue weighted by Crippen LogP contribution is -2.30. The van der Waals surface area contributed by atoms with E-state index in [1.165, 1.54) is 32.1 Å². The van der Waals surface area contributed by atoms with Crippen molar-refractivity contribution in [2.24, 2.45) is 0 Å². The van der Waals surface area contributed by atoms with Crippen LogP contribution in [0.3, 0.4) is 0 Å². The zero-order valence-corrected chi connectivity index (χ0v) is 7.83. The molecule has 2 rings (SSSR count). The summed E-state index contributed by atoms with van der Waals surface area (Å²) in [5.41, 5.74) is 0. The van der Waals surface area contributed by atoms with E-state index in [1.54, 1.807) is 6.20 Å². The van der Waals surface area contributed by atoms with Gasteiger partial charge in [-0.2, -0.15) is 0 Å². The van der Waals surface area contributed by atoms with Crippen molar-refractivity contribution >= 4 is 0 Å². The average Bonchev–Trinajstić information content (AvgIpc) is 2.69. The molecule has 0 aliphatic heterocycles. The van der Waals surface area contributed by atoms with Crippen LogP contribution in [0.15, 0.2) is 16.8 Å². The Bertz CT molecular complexity index is 227. The maximum absolute atomic E-state index is 5.01. The minimum atomic E-state index is 0.693. The van der Waals surface area contributed by atoms with E-state index in [1.807, 2.05) is 6.07 Å². The number of nitrogens with zero attached hydrogens (tertiary/aromatic N) is 1. The van der Waals surface area contributed by atoms with Crippen LogP contribution in [0.25, 0.3) is 0 Å². The fourth-order valence-corrected chi connectivity index (χ4v) is 1.88.